The van der Waals surface area contributed by atoms with E-state index in [0.717, 1.165) is 49.8 Å². The van der Waals surface area contributed by atoms with Crippen LogP contribution in [0.25, 0.3) is 0 Å². The normalized spacial score (nSPS) is 20.1. The Morgan fingerprint density at radius 3 is 2.82 bits per heavy atom. The molecule has 0 saturated heterocycles. The zero-order chi connectivity index (χ0) is 24.1. The monoisotopic (exact) mass is 471 g/mol. The number of pyridine rings is 1. The van der Waals surface area contributed by atoms with Crippen molar-refractivity contribution >= 4 is 17.8 Å². The van der Waals surface area contributed by atoms with Gasteiger partial charge in [-0.2, -0.15) is 0 Å². The minimum Gasteiger partial charge on any atom is -0.480 e. The number of aryl methyl sites for hydroxylation is 2. The maximum Gasteiger partial charge on any atom is 0.357 e. The number of carbonyl (C=O) groups is 2. The smallest absolute Gasteiger partial charge is 0.357 e. The highest BCUT2D eigenvalue weighted by Gasteiger charge is 2.41. The number of aliphatic hydroxyl groups excluding tert-OH is 1. The number of halogens is 1. The summed E-state index contributed by atoms with van der Waals surface area (Å²) in [4.78, 5) is 34.6. The van der Waals surface area contributed by atoms with Gasteiger partial charge in [0.05, 0.1) is 5.56 Å². The maximum absolute atomic E-state index is 13.5. The van der Waals surface area contributed by atoms with E-state index in [2.05, 4.69) is 17.4 Å². The van der Waals surface area contributed by atoms with Gasteiger partial charge in [0.2, 0.25) is 0 Å². The number of hydrogen-bond donors (Lipinski definition) is 3. The van der Waals surface area contributed by atoms with E-state index in [1.54, 1.807) is 0 Å². The van der Waals surface area contributed by atoms with Gasteiger partial charge < -0.3 is 20.4 Å². The molecule has 8 nitrogen and oxygen atoms in total. The number of aliphatic carboxylic acids is 1. The van der Waals surface area contributed by atoms with E-state index in [9.17, 15) is 24.2 Å². The SMILES string of the molecule is O=C(ON(C1CC(CCc2ccc3c(n2)NCCC3)C1)[C@@H](CCO)C(=O)O)c1cccc(F)c1. The molecule has 0 radical (unpaired) electrons. The lowest BCUT2D eigenvalue weighted by Crippen LogP contribution is -2.53. The van der Waals surface area contributed by atoms with Crippen molar-refractivity contribution in [1.29, 1.82) is 0 Å². The largest absolute Gasteiger partial charge is 0.480 e. The van der Waals surface area contributed by atoms with Crippen LogP contribution in [0.4, 0.5) is 10.2 Å². The molecule has 34 heavy (non-hydrogen) atoms. The van der Waals surface area contributed by atoms with Crippen LogP contribution in [0, 0.1) is 11.7 Å². The van der Waals surface area contributed by atoms with Crippen LogP contribution in [0.3, 0.4) is 0 Å². The van der Waals surface area contributed by atoms with Gasteiger partial charge in [0.1, 0.15) is 17.7 Å². The van der Waals surface area contributed by atoms with Crippen molar-refractivity contribution in [3.8, 4) is 0 Å². The molecule has 1 aromatic heterocycles. The van der Waals surface area contributed by atoms with Crippen molar-refractivity contribution in [2.45, 2.75) is 57.0 Å². The van der Waals surface area contributed by atoms with E-state index in [1.807, 2.05) is 0 Å². The molecule has 3 N–H and O–H groups in total. The fourth-order valence-corrected chi connectivity index (χ4v) is 4.64. The number of anilines is 1. The second-order valence-electron chi connectivity index (χ2n) is 8.99. The lowest BCUT2D eigenvalue weighted by atomic mass is 9.76. The van der Waals surface area contributed by atoms with Gasteiger partial charge in [-0.05, 0) is 80.7 Å². The molecule has 2 aromatic rings. The maximum atomic E-state index is 13.5. The first-order valence-electron chi connectivity index (χ1n) is 11.8. The Bertz CT molecular complexity index is 1030. The van der Waals surface area contributed by atoms with Crippen molar-refractivity contribution in [3.63, 3.8) is 0 Å². The number of nitrogens with one attached hydrogen (secondary N) is 1. The van der Waals surface area contributed by atoms with Crippen molar-refractivity contribution in [2.24, 2.45) is 5.92 Å². The van der Waals surface area contributed by atoms with E-state index < -0.39 is 23.8 Å². The molecule has 1 atom stereocenters. The summed E-state index contributed by atoms with van der Waals surface area (Å²) in [5.74, 6) is -1.28. The highest BCUT2D eigenvalue weighted by molar-refractivity contribution is 5.89. The Kier molecular flexibility index (Phi) is 7.74. The number of carboxylic acids is 1. The zero-order valence-corrected chi connectivity index (χ0v) is 19.0. The van der Waals surface area contributed by atoms with Crippen LogP contribution in [0.2, 0.25) is 0 Å². The van der Waals surface area contributed by atoms with Crippen LogP contribution in [-0.2, 0) is 22.5 Å². The number of carboxylic acid groups (broad SMARTS) is 1. The van der Waals surface area contributed by atoms with Crippen LogP contribution in [0.5, 0.6) is 0 Å². The van der Waals surface area contributed by atoms with Gasteiger partial charge in [-0.3, -0.25) is 4.79 Å². The van der Waals surface area contributed by atoms with Gasteiger partial charge in [-0.25, -0.2) is 14.2 Å². The number of hydroxylamine groups is 2. The molecule has 1 saturated carbocycles. The van der Waals surface area contributed by atoms with E-state index in [-0.39, 0.29) is 24.6 Å². The van der Waals surface area contributed by atoms with Gasteiger partial charge in [-0.15, -0.1) is 5.06 Å². The van der Waals surface area contributed by atoms with Crippen LogP contribution in [0.1, 0.15) is 53.7 Å². The third-order valence-corrected chi connectivity index (χ3v) is 6.57. The molecule has 0 bridgehead atoms. The van der Waals surface area contributed by atoms with Gasteiger partial charge in [-0.1, -0.05) is 12.1 Å². The third kappa shape index (κ3) is 5.71. The van der Waals surface area contributed by atoms with E-state index >= 15 is 0 Å². The first-order chi connectivity index (χ1) is 16.4. The highest BCUT2D eigenvalue weighted by Crippen LogP contribution is 2.37. The summed E-state index contributed by atoms with van der Waals surface area (Å²) in [6, 6.07) is 7.80. The molecule has 0 amide bonds. The number of benzene rings is 1. The molecule has 9 heteroatoms. The lowest BCUT2D eigenvalue weighted by molar-refractivity contribution is -0.204. The minimum atomic E-state index is -1.18. The van der Waals surface area contributed by atoms with E-state index in [0.29, 0.717) is 18.8 Å². The van der Waals surface area contributed by atoms with Gasteiger partial charge >= 0.3 is 11.9 Å². The predicted octanol–water partition coefficient (Wildman–Crippen LogP) is 3.20. The number of aliphatic hydroxyl groups is 1. The molecule has 2 aliphatic rings. The number of hydrogen-bond acceptors (Lipinski definition) is 7. The highest BCUT2D eigenvalue weighted by atomic mass is 19.1. The van der Waals surface area contributed by atoms with E-state index in [4.69, 9.17) is 9.82 Å². The molecule has 1 fully saturated rings. The average molecular weight is 472 g/mol. The van der Waals surface area contributed by atoms with Crippen LogP contribution in [0.15, 0.2) is 36.4 Å². The summed E-state index contributed by atoms with van der Waals surface area (Å²) in [7, 11) is 0. The minimum absolute atomic E-state index is 0.00102. The molecule has 1 aliphatic carbocycles. The van der Waals surface area contributed by atoms with Crippen LogP contribution < -0.4 is 5.32 Å². The van der Waals surface area contributed by atoms with Gasteiger partial charge in [0.25, 0.3) is 0 Å². The second-order valence-corrected chi connectivity index (χ2v) is 8.99. The molecule has 4 rings (SSSR count). The summed E-state index contributed by atoms with van der Waals surface area (Å²) < 4.78 is 13.5. The second kappa shape index (κ2) is 10.9. The summed E-state index contributed by atoms with van der Waals surface area (Å²) >= 11 is 0. The first kappa shape index (κ1) is 24.1. The molecule has 0 spiro atoms. The molecular formula is C25H30FN3O5. The van der Waals surface area contributed by atoms with Crippen molar-refractivity contribution in [3.05, 3.63) is 59.0 Å². The Balaban J connectivity index is 1.37. The van der Waals surface area contributed by atoms with Crippen molar-refractivity contribution < 1.29 is 29.0 Å². The number of nitrogens with zero attached hydrogens (tertiary/aromatic N) is 2. The molecular weight excluding hydrogens is 441 g/mol. The Morgan fingerprint density at radius 2 is 2.09 bits per heavy atom. The quantitative estimate of drug-likeness (QED) is 0.453. The van der Waals surface area contributed by atoms with Crippen molar-refractivity contribution in [1.82, 2.24) is 10.0 Å². The number of fused-ring (bicyclic) bond motifs is 1. The summed E-state index contributed by atoms with van der Waals surface area (Å²) in [5.41, 5.74) is 2.27. The first-order valence-corrected chi connectivity index (χ1v) is 11.8. The topological polar surface area (TPSA) is 112 Å². The van der Waals surface area contributed by atoms with E-state index in [1.165, 1.54) is 28.8 Å². The zero-order valence-electron chi connectivity index (χ0n) is 19.0. The fraction of sp³-hybridized carbons (Fsp3) is 0.480. The summed E-state index contributed by atoms with van der Waals surface area (Å²) in [5, 5.41) is 23.5. The Morgan fingerprint density at radius 1 is 1.26 bits per heavy atom. The molecule has 1 aromatic carbocycles. The molecule has 2 heterocycles. The Labute approximate surface area is 197 Å². The average Bonchev–Trinajstić information content (AvgIpc) is 2.80. The Hall–Kier alpha value is -3.04. The summed E-state index contributed by atoms with van der Waals surface area (Å²) in [6.07, 6.45) is 5.11. The number of carbonyl (C=O) groups excluding carboxylic acids is 1. The number of rotatable bonds is 10. The molecule has 1 aliphatic heterocycles. The predicted molar refractivity (Wildman–Crippen MR) is 123 cm³/mol. The summed E-state index contributed by atoms with van der Waals surface area (Å²) in [6.45, 7) is 0.579. The lowest BCUT2D eigenvalue weighted by Gasteiger charge is -2.43. The van der Waals surface area contributed by atoms with Gasteiger partial charge in [0.15, 0.2) is 0 Å². The molecule has 182 valence electrons. The van der Waals surface area contributed by atoms with Crippen LogP contribution in [-0.4, -0.2) is 57.4 Å². The van der Waals surface area contributed by atoms with Gasteiger partial charge in [0, 0.05) is 24.9 Å². The third-order valence-electron chi connectivity index (χ3n) is 6.57. The standard InChI is InChI=1S/C25H30FN3O5/c26-19-5-1-3-18(15-19)25(33)34-29(22(10-12-30)24(31)32)21-13-16(14-21)6-8-20-9-7-17-4-2-11-27-23(17)28-20/h1,3,5,7,9,15-16,21-22,30H,2,4,6,8,10-14H2,(H,27,28)(H,31,32)/t16?,21?,22-/m0/s1. The fourth-order valence-electron chi connectivity index (χ4n) is 4.64. The van der Waals surface area contributed by atoms with Crippen LogP contribution >= 0.6 is 0 Å². The number of aromatic nitrogens is 1. The molecule has 0 unspecified atom stereocenters. The van der Waals surface area contributed by atoms with Crippen molar-refractivity contribution in [2.75, 3.05) is 18.5 Å².